The number of halogens is 1. The van der Waals surface area contributed by atoms with Crippen LogP contribution in [0.4, 0.5) is 0 Å². The van der Waals surface area contributed by atoms with Crippen molar-refractivity contribution in [3.05, 3.63) is 23.9 Å². The average Bonchev–Trinajstić information content (AvgIpc) is 3.43. The highest BCUT2D eigenvalue weighted by Crippen LogP contribution is 2.29. The maximum absolute atomic E-state index is 5.66. The molecule has 0 radical (unpaired) electrons. The largest absolute Gasteiger partial charge is 0.477 e. The molecule has 1 fully saturated rings. The summed E-state index contributed by atoms with van der Waals surface area (Å²) in [6.07, 6.45) is 9.00. The molecule has 0 spiro atoms. The number of nitrogens with zero attached hydrogens (tertiary/aromatic N) is 2. The van der Waals surface area contributed by atoms with Crippen molar-refractivity contribution in [3.63, 3.8) is 0 Å². The van der Waals surface area contributed by atoms with E-state index in [-0.39, 0.29) is 24.0 Å². The Morgan fingerprint density at radius 1 is 1.32 bits per heavy atom. The predicted molar refractivity (Wildman–Crippen MR) is 118 cm³/mol. The van der Waals surface area contributed by atoms with Gasteiger partial charge in [-0.05, 0) is 56.1 Å². The van der Waals surface area contributed by atoms with Crippen LogP contribution in [0, 0.1) is 5.92 Å². The summed E-state index contributed by atoms with van der Waals surface area (Å²) in [5.74, 6) is 3.56. The van der Waals surface area contributed by atoms with Crippen molar-refractivity contribution in [1.29, 1.82) is 0 Å². The van der Waals surface area contributed by atoms with Gasteiger partial charge in [0.25, 0.3) is 0 Å². The fraction of sp³-hybridized carbons (Fsp3) is 0.667. The zero-order valence-corrected chi connectivity index (χ0v) is 18.4. The topological polar surface area (TPSA) is 58.5 Å². The van der Waals surface area contributed by atoms with Gasteiger partial charge in [-0.15, -0.1) is 24.0 Å². The molecule has 0 unspecified atom stereocenters. The number of thioether (sulfide) groups is 1. The zero-order chi connectivity index (χ0) is 17.0. The molecule has 0 atom stereocenters. The molecule has 2 rings (SSSR count). The Morgan fingerprint density at radius 3 is 2.80 bits per heavy atom. The summed E-state index contributed by atoms with van der Waals surface area (Å²) in [5, 5.41) is 6.67. The third-order valence-corrected chi connectivity index (χ3v) is 4.49. The number of aromatic nitrogens is 1. The molecule has 1 heterocycles. The number of ether oxygens (including phenoxy) is 1. The normalized spacial score (nSPS) is 13.9. The second-order valence-electron chi connectivity index (χ2n) is 6.08. The minimum atomic E-state index is 0. The second-order valence-corrected chi connectivity index (χ2v) is 7.07. The third-order valence-electron chi connectivity index (χ3n) is 3.79. The molecule has 0 bridgehead atoms. The summed E-state index contributed by atoms with van der Waals surface area (Å²) in [5.41, 5.74) is 1.09. The molecule has 0 saturated heterocycles. The Morgan fingerprint density at radius 2 is 2.16 bits per heavy atom. The van der Waals surface area contributed by atoms with E-state index in [2.05, 4.69) is 33.8 Å². The first-order chi connectivity index (χ1) is 11.8. The van der Waals surface area contributed by atoms with Crippen LogP contribution in [0.15, 0.2) is 23.3 Å². The molecule has 0 aromatic carbocycles. The van der Waals surface area contributed by atoms with Crippen molar-refractivity contribution in [2.75, 3.05) is 31.7 Å². The van der Waals surface area contributed by atoms with Crippen LogP contribution in [-0.2, 0) is 6.54 Å². The molecule has 7 heteroatoms. The maximum atomic E-state index is 5.66. The van der Waals surface area contributed by atoms with Gasteiger partial charge in [0, 0.05) is 25.4 Å². The van der Waals surface area contributed by atoms with E-state index in [0.29, 0.717) is 12.4 Å². The van der Waals surface area contributed by atoms with Crippen molar-refractivity contribution >= 4 is 41.7 Å². The van der Waals surface area contributed by atoms with Gasteiger partial charge in [0.2, 0.25) is 5.88 Å². The van der Waals surface area contributed by atoms with Crippen molar-refractivity contribution in [3.8, 4) is 5.88 Å². The highest BCUT2D eigenvalue weighted by atomic mass is 127. The molecule has 25 heavy (non-hydrogen) atoms. The van der Waals surface area contributed by atoms with Crippen LogP contribution < -0.4 is 15.4 Å². The number of guanidine groups is 1. The molecule has 5 nitrogen and oxygen atoms in total. The first kappa shape index (κ1) is 22.3. The number of rotatable bonds is 11. The number of aliphatic imine (C=N–C) groups is 1. The molecule has 1 aromatic heterocycles. The van der Waals surface area contributed by atoms with Gasteiger partial charge >= 0.3 is 0 Å². The van der Waals surface area contributed by atoms with E-state index >= 15 is 0 Å². The quantitative estimate of drug-likeness (QED) is 0.220. The van der Waals surface area contributed by atoms with Gasteiger partial charge < -0.3 is 15.4 Å². The monoisotopic (exact) mass is 478 g/mol. The molecular formula is C18H31IN4OS. The molecule has 2 N–H and O–H groups in total. The van der Waals surface area contributed by atoms with Crippen molar-refractivity contribution in [2.45, 2.75) is 39.2 Å². The fourth-order valence-electron chi connectivity index (χ4n) is 2.17. The lowest BCUT2D eigenvalue weighted by Gasteiger charge is -2.11. The van der Waals surface area contributed by atoms with Gasteiger partial charge in [-0.1, -0.05) is 6.07 Å². The Balaban J connectivity index is 0.00000312. The predicted octanol–water partition coefficient (Wildman–Crippen LogP) is 3.69. The summed E-state index contributed by atoms with van der Waals surface area (Å²) in [4.78, 5) is 8.99. The summed E-state index contributed by atoms with van der Waals surface area (Å²) in [6.45, 7) is 5.32. The van der Waals surface area contributed by atoms with Crippen LogP contribution in [-0.4, -0.2) is 42.6 Å². The van der Waals surface area contributed by atoms with Gasteiger partial charge in [-0.25, -0.2) is 9.98 Å². The lowest BCUT2D eigenvalue weighted by molar-refractivity contribution is 0.288. The molecule has 1 aliphatic carbocycles. The molecule has 1 aliphatic rings. The van der Waals surface area contributed by atoms with E-state index in [1.807, 2.05) is 30.1 Å². The van der Waals surface area contributed by atoms with Gasteiger partial charge in [-0.3, -0.25) is 0 Å². The van der Waals surface area contributed by atoms with E-state index in [1.165, 1.54) is 31.4 Å². The van der Waals surface area contributed by atoms with Gasteiger partial charge in [0.1, 0.15) is 0 Å². The molecule has 1 aromatic rings. The van der Waals surface area contributed by atoms with Crippen LogP contribution in [0.1, 0.15) is 38.2 Å². The number of pyridine rings is 1. The van der Waals surface area contributed by atoms with Gasteiger partial charge in [0.15, 0.2) is 5.96 Å². The van der Waals surface area contributed by atoms with Crippen LogP contribution >= 0.6 is 35.7 Å². The summed E-state index contributed by atoms with van der Waals surface area (Å²) < 4.78 is 5.66. The Labute approximate surface area is 173 Å². The first-order valence-electron chi connectivity index (χ1n) is 8.90. The summed E-state index contributed by atoms with van der Waals surface area (Å²) in [7, 11) is 0. The highest BCUT2D eigenvalue weighted by Gasteiger charge is 2.21. The van der Waals surface area contributed by atoms with E-state index in [1.54, 1.807) is 0 Å². The molecule has 1 saturated carbocycles. The standard InChI is InChI=1S/C18H30N4OS.HI/c1-3-19-18(20-10-4-5-11-24-2)22-13-16-8-9-17(21-12-16)23-14-15-6-7-15;/h8-9,12,15H,3-7,10-11,13-14H2,1-2H3,(H2,19,20,22);1H. The molecule has 142 valence electrons. The number of unbranched alkanes of at least 4 members (excludes halogenated alkanes) is 1. The third kappa shape index (κ3) is 10.1. The van der Waals surface area contributed by atoms with Crippen LogP contribution in [0.3, 0.4) is 0 Å². The molecule has 0 aliphatic heterocycles. The first-order valence-corrected chi connectivity index (χ1v) is 10.3. The van der Waals surface area contributed by atoms with Crippen molar-refractivity contribution in [1.82, 2.24) is 15.6 Å². The second kappa shape index (κ2) is 13.5. The summed E-state index contributed by atoms with van der Waals surface area (Å²) >= 11 is 1.90. The zero-order valence-electron chi connectivity index (χ0n) is 15.3. The van der Waals surface area contributed by atoms with Crippen LogP contribution in [0.25, 0.3) is 0 Å². The molecule has 0 amide bonds. The minimum Gasteiger partial charge on any atom is -0.477 e. The number of nitrogens with one attached hydrogen (secondary N) is 2. The van der Waals surface area contributed by atoms with Gasteiger partial charge in [0.05, 0.1) is 13.2 Å². The van der Waals surface area contributed by atoms with E-state index < -0.39 is 0 Å². The van der Waals surface area contributed by atoms with E-state index in [9.17, 15) is 0 Å². The Kier molecular flexibility index (Phi) is 12.1. The average molecular weight is 478 g/mol. The van der Waals surface area contributed by atoms with Crippen molar-refractivity contribution < 1.29 is 4.74 Å². The van der Waals surface area contributed by atoms with Crippen LogP contribution in [0.5, 0.6) is 5.88 Å². The smallest absolute Gasteiger partial charge is 0.213 e. The van der Waals surface area contributed by atoms with E-state index in [4.69, 9.17) is 4.74 Å². The van der Waals surface area contributed by atoms with Gasteiger partial charge in [-0.2, -0.15) is 11.8 Å². The number of hydrogen-bond acceptors (Lipinski definition) is 4. The fourth-order valence-corrected chi connectivity index (χ4v) is 2.66. The summed E-state index contributed by atoms with van der Waals surface area (Å²) in [6, 6.07) is 3.98. The van der Waals surface area contributed by atoms with E-state index in [0.717, 1.165) is 37.1 Å². The lowest BCUT2D eigenvalue weighted by atomic mass is 10.3. The maximum Gasteiger partial charge on any atom is 0.213 e. The minimum absolute atomic E-state index is 0. The van der Waals surface area contributed by atoms with Crippen LogP contribution in [0.2, 0.25) is 0 Å². The highest BCUT2D eigenvalue weighted by molar-refractivity contribution is 14.0. The lowest BCUT2D eigenvalue weighted by Crippen LogP contribution is -2.37. The number of hydrogen-bond donors (Lipinski definition) is 2. The molecular weight excluding hydrogens is 447 g/mol. The Bertz CT molecular complexity index is 494. The Hall–Kier alpha value is -0.700. The van der Waals surface area contributed by atoms with Crippen molar-refractivity contribution in [2.24, 2.45) is 10.9 Å². The SMILES string of the molecule is CCNC(=NCc1ccc(OCC2CC2)nc1)NCCCCSC.I.